The average molecular weight is 282 g/mol. The molecule has 0 aliphatic heterocycles. The number of nitrogens with zero attached hydrogens (tertiary/aromatic N) is 1. The molecule has 16 heavy (non-hydrogen) atoms. The van der Waals surface area contributed by atoms with E-state index in [1.807, 2.05) is 12.1 Å². The Labute approximate surface area is 105 Å². The molecule has 1 aromatic rings. The molecule has 2 fully saturated rings. The fourth-order valence-electron chi connectivity index (χ4n) is 3.26. The van der Waals surface area contributed by atoms with Gasteiger partial charge in [0, 0.05) is 6.20 Å². The van der Waals surface area contributed by atoms with Crippen LogP contribution in [-0.2, 0) is 0 Å². The predicted molar refractivity (Wildman–Crippen MR) is 66.4 cm³/mol. The molecule has 0 amide bonds. The van der Waals surface area contributed by atoms with Gasteiger partial charge >= 0.3 is 0 Å². The highest BCUT2D eigenvalue weighted by Gasteiger charge is 2.39. The van der Waals surface area contributed by atoms with Crippen molar-refractivity contribution in [2.45, 2.75) is 25.7 Å². The van der Waals surface area contributed by atoms with Gasteiger partial charge in [-0.2, -0.15) is 0 Å². The van der Waals surface area contributed by atoms with Crippen molar-refractivity contribution in [1.82, 2.24) is 4.98 Å². The number of rotatable bonds is 3. The van der Waals surface area contributed by atoms with Crippen molar-refractivity contribution in [2.24, 2.45) is 17.8 Å². The van der Waals surface area contributed by atoms with Gasteiger partial charge in [-0.3, -0.25) is 0 Å². The van der Waals surface area contributed by atoms with E-state index < -0.39 is 0 Å². The third kappa shape index (κ3) is 1.97. The van der Waals surface area contributed by atoms with E-state index in [2.05, 4.69) is 20.9 Å². The van der Waals surface area contributed by atoms with E-state index >= 15 is 0 Å². The summed E-state index contributed by atoms with van der Waals surface area (Å²) in [6.45, 7) is 0.867. The number of hydrogen-bond donors (Lipinski definition) is 0. The minimum atomic E-state index is 0.783. The summed E-state index contributed by atoms with van der Waals surface area (Å²) in [5.41, 5.74) is 0. The van der Waals surface area contributed by atoms with Gasteiger partial charge in [-0.15, -0.1) is 0 Å². The van der Waals surface area contributed by atoms with Crippen molar-refractivity contribution in [1.29, 1.82) is 0 Å². The van der Waals surface area contributed by atoms with Gasteiger partial charge in [0.25, 0.3) is 0 Å². The van der Waals surface area contributed by atoms with Crippen LogP contribution in [0.2, 0.25) is 0 Å². The SMILES string of the molecule is Brc1ncccc1OCC1CC2CCC1C2. The average Bonchev–Trinajstić information content (AvgIpc) is 2.90. The summed E-state index contributed by atoms with van der Waals surface area (Å²) in [5.74, 6) is 3.59. The normalized spacial score (nSPS) is 31.9. The summed E-state index contributed by atoms with van der Waals surface area (Å²) in [5, 5.41) is 0. The largest absolute Gasteiger partial charge is 0.490 e. The van der Waals surface area contributed by atoms with E-state index in [-0.39, 0.29) is 0 Å². The maximum absolute atomic E-state index is 5.86. The Bertz CT molecular complexity index is 382. The van der Waals surface area contributed by atoms with E-state index in [4.69, 9.17) is 4.74 Å². The molecule has 0 spiro atoms. The fourth-order valence-corrected chi connectivity index (χ4v) is 3.62. The summed E-state index contributed by atoms with van der Waals surface area (Å²) in [7, 11) is 0. The molecule has 1 aromatic heterocycles. The molecule has 3 unspecified atom stereocenters. The molecular weight excluding hydrogens is 266 g/mol. The zero-order valence-electron chi connectivity index (χ0n) is 9.23. The second-order valence-corrected chi connectivity index (χ2v) is 5.79. The molecule has 0 N–H and O–H groups in total. The highest BCUT2D eigenvalue weighted by molar-refractivity contribution is 9.10. The molecule has 86 valence electrons. The van der Waals surface area contributed by atoms with Crippen LogP contribution in [0.25, 0.3) is 0 Å². The quantitative estimate of drug-likeness (QED) is 0.789. The lowest BCUT2D eigenvalue weighted by atomic mass is 9.90. The Hall–Kier alpha value is -0.570. The first kappa shape index (κ1) is 10.6. The first-order chi connectivity index (χ1) is 7.83. The molecule has 3 atom stereocenters. The molecule has 0 saturated heterocycles. The maximum atomic E-state index is 5.86. The van der Waals surface area contributed by atoms with Gasteiger partial charge in [0.15, 0.2) is 5.75 Å². The van der Waals surface area contributed by atoms with Crippen LogP contribution in [0.4, 0.5) is 0 Å². The van der Waals surface area contributed by atoms with E-state index in [0.717, 1.165) is 34.7 Å². The maximum Gasteiger partial charge on any atom is 0.152 e. The van der Waals surface area contributed by atoms with Gasteiger partial charge < -0.3 is 4.74 Å². The summed E-state index contributed by atoms with van der Waals surface area (Å²) < 4.78 is 6.68. The number of halogens is 1. The first-order valence-corrected chi connectivity index (χ1v) is 6.85. The van der Waals surface area contributed by atoms with Gasteiger partial charge in [-0.1, -0.05) is 6.42 Å². The van der Waals surface area contributed by atoms with Crippen molar-refractivity contribution < 1.29 is 4.74 Å². The Balaban J connectivity index is 1.59. The van der Waals surface area contributed by atoms with Crippen molar-refractivity contribution in [2.75, 3.05) is 6.61 Å². The molecule has 2 nitrogen and oxygen atoms in total. The minimum Gasteiger partial charge on any atom is -0.490 e. The van der Waals surface area contributed by atoms with Crippen LogP contribution in [0.5, 0.6) is 5.75 Å². The van der Waals surface area contributed by atoms with Crippen LogP contribution in [0.15, 0.2) is 22.9 Å². The zero-order chi connectivity index (χ0) is 11.0. The summed E-state index contributed by atoms with van der Waals surface area (Å²) in [6.07, 6.45) is 7.48. The third-order valence-corrected chi connectivity index (χ3v) is 4.66. The fraction of sp³-hybridized carbons (Fsp3) is 0.615. The Morgan fingerprint density at radius 1 is 1.38 bits per heavy atom. The zero-order valence-corrected chi connectivity index (χ0v) is 10.8. The lowest BCUT2D eigenvalue weighted by Gasteiger charge is -2.21. The van der Waals surface area contributed by atoms with Crippen LogP contribution >= 0.6 is 15.9 Å². The molecule has 2 saturated carbocycles. The monoisotopic (exact) mass is 281 g/mol. The molecule has 0 aromatic carbocycles. The lowest BCUT2D eigenvalue weighted by Crippen LogP contribution is -2.18. The minimum absolute atomic E-state index is 0.783. The second-order valence-electron chi connectivity index (χ2n) is 5.04. The highest BCUT2D eigenvalue weighted by Crippen LogP contribution is 2.48. The van der Waals surface area contributed by atoms with Gasteiger partial charge in [-0.25, -0.2) is 4.98 Å². The van der Waals surface area contributed by atoms with Gasteiger partial charge in [0.2, 0.25) is 0 Å². The topological polar surface area (TPSA) is 22.1 Å². The predicted octanol–water partition coefficient (Wildman–Crippen LogP) is 3.66. The van der Waals surface area contributed by atoms with E-state index in [1.54, 1.807) is 6.20 Å². The Kier molecular flexibility index (Phi) is 2.88. The van der Waals surface area contributed by atoms with Crippen LogP contribution in [0.3, 0.4) is 0 Å². The number of ether oxygens (including phenoxy) is 1. The van der Waals surface area contributed by atoms with Gasteiger partial charge in [0.1, 0.15) is 4.60 Å². The Morgan fingerprint density at radius 2 is 2.31 bits per heavy atom. The highest BCUT2D eigenvalue weighted by atomic mass is 79.9. The van der Waals surface area contributed by atoms with E-state index in [1.165, 1.54) is 25.7 Å². The molecular formula is C13H16BrNO. The van der Waals surface area contributed by atoms with Crippen molar-refractivity contribution in [3.05, 3.63) is 22.9 Å². The molecule has 2 aliphatic carbocycles. The summed E-state index contributed by atoms with van der Waals surface area (Å²) >= 11 is 3.41. The van der Waals surface area contributed by atoms with Crippen LogP contribution in [-0.4, -0.2) is 11.6 Å². The van der Waals surface area contributed by atoms with Crippen LogP contribution in [0, 0.1) is 17.8 Å². The molecule has 2 aliphatic rings. The molecule has 0 radical (unpaired) electrons. The van der Waals surface area contributed by atoms with Crippen molar-refractivity contribution in [3.8, 4) is 5.75 Å². The van der Waals surface area contributed by atoms with Gasteiger partial charge in [0.05, 0.1) is 6.61 Å². The molecule has 3 rings (SSSR count). The number of aromatic nitrogens is 1. The smallest absolute Gasteiger partial charge is 0.152 e. The number of pyridine rings is 1. The van der Waals surface area contributed by atoms with E-state index in [0.29, 0.717) is 0 Å². The molecule has 1 heterocycles. The molecule has 2 bridgehead atoms. The summed E-state index contributed by atoms with van der Waals surface area (Å²) in [4.78, 5) is 4.16. The lowest BCUT2D eigenvalue weighted by molar-refractivity contribution is 0.194. The van der Waals surface area contributed by atoms with Crippen LogP contribution in [0.1, 0.15) is 25.7 Å². The third-order valence-electron chi connectivity index (χ3n) is 4.06. The van der Waals surface area contributed by atoms with Crippen molar-refractivity contribution >= 4 is 15.9 Å². The van der Waals surface area contributed by atoms with Crippen molar-refractivity contribution in [3.63, 3.8) is 0 Å². The molecule has 3 heteroatoms. The number of fused-ring (bicyclic) bond motifs is 2. The summed E-state index contributed by atoms with van der Waals surface area (Å²) in [6, 6.07) is 3.89. The Morgan fingerprint density at radius 3 is 3.00 bits per heavy atom. The second kappa shape index (κ2) is 4.36. The van der Waals surface area contributed by atoms with Gasteiger partial charge in [-0.05, 0) is 65.1 Å². The number of hydrogen-bond acceptors (Lipinski definition) is 2. The standard InChI is InChI=1S/C13H16BrNO/c14-13-12(2-1-5-15-13)16-8-11-7-9-3-4-10(11)6-9/h1-2,5,9-11H,3-4,6-8H2. The first-order valence-electron chi connectivity index (χ1n) is 6.06. The van der Waals surface area contributed by atoms with E-state index in [9.17, 15) is 0 Å². The van der Waals surface area contributed by atoms with Crippen LogP contribution < -0.4 is 4.74 Å².